The van der Waals surface area contributed by atoms with Crippen LogP contribution in [0.5, 0.6) is 0 Å². The van der Waals surface area contributed by atoms with E-state index < -0.39 is 11.7 Å². The Labute approximate surface area is 237 Å². The lowest BCUT2D eigenvalue weighted by molar-refractivity contribution is 0.0500. The second-order valence-corrected chi connectivity index (χ2v) is 11.2. The first kappa shape index (κ1) is 28.1. The van der Waals surface area contributed by atoms with Gasteiger partial charge in [0.25, 0.3) is 0 Å². The van der Waals surface area contributed by atoms with E-state index in [1.54, 1.807) is 12.1 Å². The van der Waals surface area contributed by atoms with E-state index in [9.17, 15) is 9.59 Å². The minimum Gasteiger partial charge on any atom is -0.444 e. The van der Waals surface area contributed by atoms with Gasteiger partial charge in [-0.2, -0.15) is 0 Å². The summed E-state index contributed by atoms with van der Waals surface area (Å²) < 4.78 is 5.98. The zero-order chi connectivity index (χ0) is 28.2. The maximum absolute atomic E-state index is 13.3. The van der Waals surface area contributed by atoms with Gasteiger partial charge >= 0.3 is 6.09 Å². The Bertz CT molecular complexity index is 1370. The third kappa shape index (κ3) is 7.35. The minimum absolute atomic E-state index is 0.0955. The molecule has 2 aromatic carbocycles. The number of carbonyl (C=O) groups excluding carboxylic acids is 2. The van der Waals surface area contributed by atoms with Crippen molar-refractivity contribution in [2.45, 2.75) is 45.3 Å². The second kappa shape index (κ2) is 11.9. The maximum atomic E-state index is 13.3. The van der Waals surface area contributed by atoms with Crippen molar-refractivity contribution in [2.24, 2.45) is 0 Å². The Morgan fingerprint density at radius 3 is 2.62 bits per heavy atom. The number of rotatable bonds is 7. The van der Waals surface area contributed by atoms with Crippen LogP contribution >= 0.6 is 15.9 Å². The smallest absolute Gasteiger partial charge is 0.407 e. The Balaban J connectivity index is 1.64. The standard InChI is InChI=1S/C29H33BrN6O3/c1-18(25-27(31)32-16-24(30)35-25)33-22-15-20(26(37)19-9-6-5-7-10-19)12-13-23(22)36-14-8-11-21(17-36)34-28(38)39-29(2,3)4/h5-7,9-10,12-13,15-16,21,33H,1,8,11,14,17H2,2-4H3,(H2,31,32)(H,34,38). The zero-order valence-corrected chi connectivity index (χ0v) is 23.9. The van der Waals surface area contributed by atoms with Crippen LogP contribution in [0.2, 0.25) is 0 Å². The highest BCUT2D eigenvalue weighted by Gasteiger charge is 2.26. The lowest BCUT2D eigenvalue weighted by Crippen LogP contribution is -2.49. The molecule has 1 atom stereocenters. The Morgan fingerprint density at radius 2 is 1.90 bits per heavy atom. The van der Waals surface area contributed by atoms with Crippen molar-refractivity contribution in [1.82, 2.24) is 15.3 Å². The molecule has 204 valence electrons. The number of nitrogens with two attached hydrogens (primary N) is 1. The predicted octanol–water partition coefficient (Wildman–Crippen LogP) is 5.63. The molecule has 1 aliphatic rings. The molecule has 1 amide bonds. The van der Waals surface area contributed by atoms with E-state index in [1.165, 1.54) is 6.20 Å². The van der Waals surface area contributed by atoms with E-state index in [-0.39, 0.29) is 17.6 Å². The average Bonchev–Trinajstić information content (AvgIpc) is 2.89. The number of ketones is 1. The summed E-state index contributed by atoms with van der Waals surface area (Å²) in [6, 6.07) is 14.6. The monoisotopic (exact) mass is 592 g/mol. The van der Waals surface area contributed by atoms with Crippen molar-refractivity contribution < 1.29 is 14.3 Å². The molecular formula is C29H33BrN6O3. The summed E-state index contributed by atoms with van der Waals surface area (Å²) in [7, 11) is 0. The van der Waals surface area contributed by atoms with Gasteiger partial charge in [0.15, 0.2) is 11.6 Å². The summed E-state index contributed by atoms with van der Waals surface area (Å²) in [5, 5.41) is 6.31. The number of benzene rings is 2. The van der Waals surface area contributed by atoms with E-state index in [1.807, 2.05) is 57.2 Å². The van der Waals surface area contributed by atoms with Gasteiger partial charge in [0.2, 0.25) is 0 Å². The van der Waals surface area contributed by atoms with Crippen LogP contribution < -0.4 is 21.3 Å². The van der Waals surface area contributed by atoms with Crippen molar-refractivity contribution in [3.05, 3.63) is 82.7 Å². The van der Waals surface area contributed by atoms with Crippen LogP contribution in [-0.2, 0) is 4.74 Å². The van der Waals surface area contributed by atoms with E-state index >= 15 is 0 Å². The number of alkyl carbamates (subject to hydrolysis) is 1. The molecule has 10 heteroatoms. The lowest BCUT2D eigenvalue weighted by atomic mass is 10.00. The van der Waals surface area contributed by atoms with Crippen LogP contribution in [0.1, 0.15) is 55.2 Å². The van der Waals surface area contributed by atoms with Crippen LogP contribution in [0.25, 0.3) is 5.70 Å². The second-order valence-electron chi connectivity index (χ2n) is 10.4. The molecule has 4 rings (SSSR count). The summed E-state index contributed by atoms with van der Waals surface area (Å²) >= 11 is 3.33. The molecule has 1 aromatic heterocycles. The molecule has 0 bridgehead atoms. The van der Waals surface area contributed by atoms with Gasteiger partial charge in [-0.25, -0.2) is 14.8 Å². The zero-order valence-electron chi connectivity index (χ0n) is 22.3. The average molecular weight is 594 g/mol. The highest BCUT2D eigenvalue weighted by Crippen LogP contribution is 2.33. The molecule has 1 unspecified atom stereocenters. The maximum Gasteiger partial charge on any atom is 0.407 e. The van der Waals surface area contributed by atoms with Gasteiger partial charge in [-0.1, -0.05) is 36.9 Å². The normalized spacial score (nSPS) is 15.4. The van der Waals surface area contributed by atoms with E-state index in [2.05, 4.69) is 48.0 Å². The molecule has 4 N–H and O–H groups in total. The highest BCUT2D eigenvalue weighted by atomic mass is 79.9. The number of hydrogen-bond donors (Lipinski definition) is 3. The van der Waals surface area contributed by atoms with Crippen LogP contribution in [0.3, 0.4) is 0 Å². The van der Waals surface area contributed by atoms with Gasteiger partial charge in [-0.15, -0.1) is 0 Å². The van der Waals surface area contributed by atoms with E-state index in [0.717, 1.165) is 25.1 Å². The molecule has 39 heavy (non-hydrogen) atoms. The summed E-state index contributed by atoms with van der Waals surface area (Å²) in [6.07, 6.45) is 2.78. The van der Waals surface area contributed by atoms with Gasteiger partial charge in [0.1, 0.15) is 15.9 Å². The topological polar surface area (TPSA) is 122 Å². The van der Waals surface area contributed by atoms with Gasteiger partial charge in [-0.05, 0) is 67.7 Å². The SMILES string of the molecule is C=C(Nc1cc(C(=O)c2ccccc2)ccc1N1CCCC(NC(=O)OC(C)(C)C)C1)c1nc(Br)cnc1N. The molecule has 0 spiro atoms. The first-order chi connectivity index (χ1) is 18.5. The quantitative estimate of drug-likeness (QED) is 0.302. The summed E-state index contributed by atoms with van der Waals surface area (Å²) in [6.45, 7) is 11.0. The first-order valence-electron chi connectivity index (χ1n) is 12.7. The van der Waals surface area contributed by atoms with Crippen molar-refractivity contribution in [3.8, 4) is 0 Å². The number of nitrogens with one attached hydrogen (secondary N) is 2. The molecule has 2 heterocycles. The minimum atomic E-state index is -0.575. The van der Waals surface area contributed by atoms with E-state index in [0.29, 0.717) is 39.4 Å². The fourth-order valence-electron chi connectivity index (χ4n) is 4.42. The third-order valence-electron chi connectivity index (χ3n) is 6.12. The number of nitrogens with zero attached hydrogens (tertiary/aromatic N) is 3. The third-order valence-corrected chi connectivity index (χ3v) is 6.50. The van der Waals surface area contributed by atoms with Crippen LogP contribution in [0, 0.1) is 0 Å². The first-order valence-corrected chi connectivity index (χ1v) is 13.5. The fourth-order valence-corrected chi connectivity index (χ4v) is 4.70. The van der Waals surface area contributed by atoms with Crippen molar-refractivity contribution in [1.29, 1.82) is 0 Å². The molecule has 0 radical (unpaired) electrons. The summed E-state index contributed by atoms with van der Waals surface area (Å²) in [4.78, 5) is 36.4. The van der Waals surface area contributed by atoms with Gasteiger partial charge in [-0.3, -0.25) is 4.79 Å². The van der Waals surface area contributed by atoms with Crippen LogP contribution in [0.15, 0.2) is 65.9 Å². The van der Waals surface area contributed by atoms with Crippen molar-refractivity contribution >= 4 is 50.7 Å². The Kier molecular flexibility index (Phi) is 8.54. The number of nitrogen functional groups attached to an aromatic ring is 1. The van der Waals surface area contributed by atoms with E-state index in [4.69, 9.17) is 10.5 Å². The molecule has 0 saturated carbocycles. The Morgan fingerprint density at radius 1 is 1.15 bits per heavy atom. The van der Waals surface area contributed by atoms with Gasteiger partial charge in [0.05, 0.1) is 23.3 Å². The van der Waals surface area contributed by atoms with Crippen LogP contribution in [0.4, 0.5) is 22.0 Å². The summed E-state index contributed by atoms with van der Waals surface area (Å²) in [5.74, 6) is 0.133. The van der Waals surface area contributed by atoms with Gasteiger partial charge in [0, 0.05) is 30.3 Å². The summed E-state index contributed by atoms with van der Waals surface area (Å²) in [5.41, 5.74) is 8.98. The number of amides is 1. The number of aromatic nitrogens is 2. The number of halogens is 1. The van der Waals surface area contributed by atoms with Crippen molar-refractivity contribution in [3.63, 3.8) is 0 Å². The molecule has 1 fully saturated rings. The number of carbonyl (C=O) groups is 2. The number of piperidine rings is 1. The van der Waals surface area contributed by atoms with Gasteiger partial charge < -0.3 is 26.0 Å². The highest BCUT2D eigenvalue weighted by molar-refractivity contribution is 9.10. The molecule has 9 nitrogen and oxygen atoms in total. The molecule has 1 saturated heterocycles. The molecule has 3 aromatic rings. The Hall–Kier alpha value is -3.92. The van der Waals surface area contributed by atoms with Crippen molar-refractivity contribution in [2.75, 3.05) is 29.0 Å². The predicted molar refractivity (Wildman–Crippen MR) is 158 cm³/mol. The van der Waals surface area contributed by atoms with Crippen LogP contribution in [-0.4, -0.2) is 46.6 Å². The molecule has 1 aliphatic heterocycles. The number of ether oxygens (including phenoxy) is 1. The molecule has 0 aliphatic carbocycles. The number of hydrogen-bond acceptors (Lipinski definition) is 8. The number of anilines is 3. The lowest BCUT2D eigenvalue weighted by Gasteiger charge is -2.36. The fraction of sp³-hybridized carbons (Fsp3) is 0.310. The largest absolute Gasteiger partial charge is 0.444 e. The molecular weight excluding hydrogens is 560 g/mol.